The Morgan fingerprint density at radius 1 is 1.04 bits per heavy atom. The van der Waals surface area contributed by atoms with Gasteiger partial charge in [0.1, 0.15) is 5.82 Å². The number of hydrogen-bond acceptors (Lipinski definition) is 2. The van der Waals surface area contributed by atoms with Gasteiger partial charge < -0.3 is 10.6 Å². The van der Waals surface area contributed by atoms with Crippen molar-refractivity contribution in [2.45, 2.75) is 45.6 Å². The van der Waals surface area contributed by atoms with Gasteiger partial charge >= 0.3 is 0 Å². The third kappa shape index (κ3) is 4.73. The topological polar surface area (TPSA) is 58.2 Å². The lowest BCUT2D eigenvalue weighted by atomic mass is 9.94. The van der Waals surface area contributed by atoms with Crippen molar-refractivity contribution in [2.75, 3.05) is 5.32 Å². The first-order valence-corrected chi connectivity index (χ1v) is 9.32. The van der Waals surface area contributed by atoms with E-state index in [0.29, 0.717) is 17.2 Å². The molecular formula is C22H25FN2O2. The molecule has 0 unspecified atom stereocenters. The molecule has 3 rings (SSSR count). The minimum absolute atomic E-state index is 0.0280. The van der Waals surface area contributed by atoms with Crippen LogP contribution >= 0.6 is 0 Å². The van der Waals surface area contributed by atoms with E-state index in [2.05, 4.69) is 24.5 Å². The molecule has 0 saturated heterocycles. The highest BCUT2D eigenvalue weighted by Crippen LogP contribution is 2.34. The fourth-order valence-corrected chi connectivity index (χ4v) is 3.10. The molecule has 142 valence electrons. The average molecular weight is 368 g/mol. The molecule has 27 heavy (non-hydrogen) atoms. The zero-order valence-corrected chi connectivity index (χ0v) is 15.9. The highest BCUT2D eigenvalue weighted by atomic mass is 19.1. The molecule has 0 heterocycles. The predicted octanol–water partition coefficient (Wildman–Crippen LogP) is 4.52. The molecule has 2 amide bonds. The summed E-state index contributed by atoms with van der Waals surface area (Å²) in [7, 11) is 0. The molecule has 4 nitrogen and oxygen atoms in total. The number of benzene rings is 2. The van der Waals surface area contributed by atoms with Gasteiger partial charge in [-0.3, -0.25) is 9.59 Å². The number of carbonyl (C=O) groups excluding carboxylic acids is 2. The van der Waals surface area contributed by atoms with E-state index in [9.17, 15) is 14.0 Å². The lowest BCUT2D eigenvalue weighted by Gasteiger charge is -2.23. The summed E-state index contributed by atoms with van der Waals surface area (Å²) in [6, 6.07) is 11.6. The molecule has 2 N–H and O–H groups in total. The smallest absolute Gasteiger partial charge is 0.223 e. The van der Waals surface area contributed by atoms with Crippen LogP contribution in [0.5, 0.6) is 0 Å². The quantitative estimate of drug-likeness (QED) is 0.787. The number of anilines is 1. The van der Waals surface area contributed by atoms with Crippen LogP contribution in [0.3, 0.4) is 0 Å². The van der Waals surface area contributed by atoms with E-state index < -0.39 is 11.9 Å². The van der Waals surface area contributed by atoms with Crippen LogP contribution in [0, 0.1) is 11.7 Å². The Morgan fingerprint density at radius 2 is 1.67 bits per heavy atom. The Morgan fingerprint density at radius 3 is 2.22 bits per heavy atom. The van der Waals surface area contributed by atoms with Crippen molar-refractivity contribution in [2.24, 2.45) is 5.92 Å². The largest absolute Gasteiger partial charge is 0.345 e. The molecule has 0 spiro atoms. The maximum atomic E-state index is 14.0. The molecule has 0 aliphatic heterocycles. The Bertz CT molecular complexity index is 842. The SMILES string of the molecule is CC(=O)Nc1ccc(F)cc1[C@H](NC(=O)C1CC1)c1ccc(C(C)C)cc1. The highest BCUT2D eigenvalue weighted by molar-refractivity contribution is 5.90. The normalized spacial score (nSPS) is 14.7. The summed E-state index contributed by atoms with van der Waals surface area (Å²) in [5, 5.41) is 5.79. The van der Waals surface area contributed by atoms with Crippen molar-refractivity contribution in [3.8, 4) is 0 Å². The van der Waals surface area contributed by atoms with Crippen LogP contribution in [-0.4, -0.2) is 11.8 Å². The van der Waals surface area contributed by atoms with Crippen molar-refractivity contribution in [1.82, 2.24) is 5.32 Å². The summed E-state index contributed by atoms with van der Waals surface area (Å²) >= 11 is 0. The van der Waals surface area contributed by atoms with E-state index in [0.717, 1.165) is 18.4 Å². The molecule has 1 aliphatic carbocycles. The van der Waals surface area contributed by atoms with Crippen LogP contribution < -0.4 is 10.6 Å². The molecule has 5 heteroatoms. The van der Waals surface area contributed by atoms with E-state index in [1.165, 1.54) is 30.7 Å². The zero-order valence-electron chi connectivity index (χ0n) is 15.9. The van der Waals surface area contributed by atoms with Gasteiger partial charge in [0.15, 0.2) is 0 Å². The van der Waals surface area contributed by atoms with Crippen LogP contribution in [-0.2, 0) is 9.59 Å². The molecule has 1 aliphatic rings. The first kappa shape index (κ1) is 19.1. The fourth-order valence-electron chi connectivity index (χ4n) is 3.10. The van der Waals surface area contributed by atoms with Crippen LogP contribution in [0.4, 0.5) is 10.1 Å². The van der Waals surface area contributed by atoms with Gasteiger partial charge in [0.2, 0.25) is 11.8 Å². The van der Waals surface area contributed by atoms with Gasteiger partial charge in [0.25, 0.3) is 0 Å². The second kappa shape index (κ2) is 7.91. The number of carbonyl (C=O) groups is 2. The zero-order chi connectivity index (χ0) is 19.6. The Balaban J connectivity index is 2.02. The molecule has 0 aromatic heterocycles. The number of halogens is 1. The van der Waals surface area contributed by atoms with Crippen LogP contribution in [0.1, 0.15) is 62.3 Å². The molecule has 1 fully saturated rings. The third-order valence-electron chi connectivity index (χ3n) is 4.81. The maximum Gasteiger partial charge on any atom is 0.223 e. The lowest BCUT2D eigenvalue weighted by Crippen LogP contribution is -2.31. The molecule has 1 saturated carbocycles. The van der Waals surface area contributed by atoms with Gasteiger partial charge in [0, 0.05) is 24.1 Å². The minimum Gasteiger partial charge on any atom is -0.345 e. The van der Waals surface area contributed by atoms with E-state index >= 15 is 0 Å². The summed E-state index contributed by atoms with van der Waals surface area (Å²) in [4.78, 5) is 24.0. The van der Waals surface area contributed by atoms with Crippen molar-refractivity contribution >= 4 is 17.5 Å². The molecule has 2 aromatic rings. The Hall–Kier alpha value is -2.69. The monoisotopic (exact) mass is 368 g/mol. The van der Waals surface area contributed by atoms with Gasteiger partial charge in [-0.15, -0.1) is 0 Å². The summed E-state index contributed by atoms with van der Waals surface area (Å²) in [5.74, 6) is -0.275. The molecule has 1 atom stereocenters. The van der Waals surface area contributed by atoms with Gasteiger partial charge in [-0.2, -0.15) is 0 Å². The summed E-state index contributed by atoms with van der Waals surface area (Å²) < 4.78 is 14.0. The predicted molar refractivity (Wildman–Crippen MR) is 104 cm³/mol. The van der Waals surface area contributed by atoms with Gasteiger partial charge in [-0.25, -0.2) is 4.39 Å². The highest BCUT2D eigenvalue weighted by Gasteiger charge is 2.32. The second-order valence-electron chi connectivity index (χ2n) is 7.45. The average Bonchev–Trinajstić information content (AvgIpc) is 3.46. The van der Waals surface area contributed by atoms with Crippen LogP contribution in [0.15, 0.2) is 42.5 Å². The van der Waals surface area contributed by atoms with E-state index in [4.69, 9.17) is 0 Å². The van der Waals surface area contributed by atoms with Gasteiger partial charge in [-0.1, -0.05) is 38.1 Å². The van der Waals surface area contributed by atoms with Crippen molar-refractivity contribution in [3.05, 3.63) is 65.0 Å². The van der Waals surface area contributed by atoms with Gasteiger partial charge in [0.05, 0.1) is 6.04 Å². The molecule has 0 bridgehead atoms. The summed E-state index contributed by atoms with van der Waals surface area (Å²) in [5.41, 5.74) is 3.08. The first-order valence-electron chi connectivity index (χ1n) is 9.32. The number of rotatable bonds is 6. The van der Waals surface area contributed by atoms with E-state index in [1.807, 2.05) is 24.3 Å². The van der Waals surface area contributed by atoms with Crippen molar-refractivity contribution in [1.29, 1.82) is 0 Å². The number of hydrogen-bond donors (Lipinski definition) is 2. The van der Waals surface area contributed by atoms with Crippen LogP contribution in [0.25, 0.3) is 0 Å². The molecule has 2 aromatic carbocycles. The van der Waals surface area contributed by atoms with Crippen LogP contribution in [0.2, 0.25) is 0 Å². The lowest BCUT2D eigenvalue weighted by molar-refractivity contribution is -0.122. The van der Waals surface area contributed by atoms with Crippen molar-refractivity contribution in [3.63, 3.8) is 0 Å². The summed E-state index contributed by atoms with van der Waals surface area (Å²) in [6.45, 7) is 5.63. The minimum atomic E-state index is -0.531. The second-order valence-corrected chi connectivity index (χ2v) is 7.45. The fraction of sp³-hybridized carbons (Fsp3) is 0.364. The maximum absolute atomic E-state index is 14.0. The van der Waals surface area contributed by atoms with E-state index in [1.54, 1.807) is 0 Å². The standard InChI is InChI=1S/C22H25FN2O2/c1-13(2)15-4-6-16(7-5-15)21(25-22(27)17-8-9-17)19-12-18(23)10-11-20(19)24-14(3)26/h4-7,10-13,17,21H,8-9H2,1-3H3,(H,24,26)(H,25,27)/t21-/m1/s1. The Kier molecular flexibility index (Phi) is 5.59. The third-order valence-corrected chi connectivity index (χ3v) is 4.81. The van der Waals surface area contributed by atoms with Crippen molar-refractivity contribution < 1.29 is 14.0 Å². The number of amides is 2. The first-order chi connectivity index (χ1) is 12.8. The Labute approximate surface area is 159 Å². The van der Waals surface area contributed by atoms with E-state index in [-0.39, 0.29) is 17.7 Å². The molecular weight excluding hydrogens is 343 g/mol. The van der Waals surface area contributed by atoms with Gasteiger partial charge in [-0.05, 0) is 48.1 Å². The molecule has 0 radical (unpaired) electrons. The number of nitrogens with one attached hydrogen (secondary N) is 2. The summed E-state index contributed by atoms with van der Waals surface area (Å²) in [6.07, 6.45) is 1.76.